The number of ether oxygens (including phenoxy) is 2. The molecule has 0 atom stereocenters. The van der Waals surface area contributed by atoms with Gasteiger partial charge in [-0.3, -0.25) is 4.79 Å². The van der Waals surface area contributed by atoms with Crippen LogP contribution in [0.2, 0.25) is 5.02 Å². The molecule has 0 fully saturated rings. The molecule has 0 aliphatic carbocycles. The Hall–Kier alpha value is -1.26. The second-order valence-electron chi connectivity index (χ2n) is 3.90. The van der Waals surface area contributed by atoms with Crippen molar-refractivity contribution < 1.29 is 14.3 Å². The first-order valence-corrected chi connectivity index (χ1v) is 6.09. The molecular weight excluding hydrogens is 254 g/mol. The third-order valence-electron chi connectivity index (χ3n) is 2.55. The fraction of sp³-hybridized carbons (Fsp3) is 0.462. The van der Waals surface area contributed by atoms with Crippen LogP contribution in [0.25, 0.3) is 0 Å². The first-order valence-electron chi connectivity index (χ1n) is 5.71. The summed E-state index contributed by atoms with van der Waals surface area (Å²) < 4.78 is 10.0. The Morgan fingerprint density at radius 2 is 2.11 bits per heavy atom. The molecule has 0 heterocycles. The number of methoxy groups -OCH3 is 2. The molecule has 5 heteroatoms. The maximum atomic E-state index is 11.9. The second kappa shape index (κ2) is 7.24. The molecule has 0 saturated carbocycles. The van der Waals surface area contributed by atoms with Crippen molar-refractivity contribution in [1.82, 2.24) is 5.32 Å². The number of aryl methyl sites for hydroxylation is 1. The van der Waals surface area contributed by atoms with Gasteiger partial charge in [0.15, 0.2) is 0 Å². The molecule has 1 aromatic rings. The normalized spacial score (nSPS) is 10.2. The zero-order chi connectivity index (χ0) is 13.5. The maximum absolute atomic E-state index is 11.9. The molecule has 0 bridgehead atoms. The molecule has 1 rings (SSSR count). The van der Waals surface area contributed by atoms with Gasteiger partial charge in [-0.25, -0.2) is 0 Å². The third kappa shape index (κ3) is 3.89. The minimum Gasteiger partial charge on any atom is -0.495 e. The second-order valence-corrected chi connectivity index (χ2v) is 4.31. The van der Waals surface area contributed by atoms with Crippen LogP contribution in [0.5, 0.6) is 5.75 Å². The Balaban J connectivity index is 2.71. The fourth-order valence-corrected chi connectivity index (χ4v) is 1.81. The number of nitrogens with one attached hydrogen (secondary N) is 1. The van der Waals surface area contributed by atoms with Gasteiger partial charge in [0.1, 0.15) is 5.75 Å². The number of halogens is 1. The Kier molecular flexibility index (Phi) is 5.95. The smallest absolute Gasteiger partial charge is 0.251 e. The molecule has 0 aliphatic rings. The third-order valence-corrected chi connectivity index (χ3v) is 2.85. The fourth-order valence-electron chi connectivity index (χ4n) is 1.57. The van der Waals surface area contributed by atoms with Crippen molar-refractivity contribution in [3.8, 4) is 5.75 Å². The highest BCUT2D eigenvalue weighted by atomic mass is 35.5. The van der Waals surface area contributed by atoms with Crippen LogP contribution in [0.3, 0.4) is 0 Å². The first-order chi connectivity index (χ1) is 8.60. The van der Waals surface area contributed by atoms with Crippen LogP contribution in [0.1, 0.15) is 22.3 Å². The number of amides is 1. The van der Waals surface area contributed by atoms with Gasteiger partial charge < -0.3 is 14.8 Å². The number of hydrogen-bond acceptors (Lipinski definition) is 3. The van der Waals surface area contributed by atoms with Gasteiger partial charge in [0.2, 0.25) is 0 Å². The van der Waals surface area contributed by atoms with Gasteiger partial charge in [0, 0.05) is 25.8 Å². The summed E-state index contributed by atoms with van der Waals surface area (Å²) in [5.74, 6) is 0.443. The van der Waals surface area contributed by atoms with Crippen LogP contribution in [-0.2, 0) is 4.74 Å². The van der Waals surface area contributed by atoms with Crippen molar-refractivity contribution in [2.24, 2.45) is 0 Å². The van der Waals surface area contributed by atoms with E-state index in [4.69, 9.17) is 21.1 Å². The average molecular weight is 272 g/mol. The largest absolute Gasteiger partial charge is 0.495 e. The van der Waals surface area contributed by atoms with Crippen molar-refractivity contribution in [3.63, 3.8) is 0 Å². The number of benzene rings is 1. The van der Waals surface area contributed by atoms with E-state index < -0.39 is 0 Å². The molecular formula is C13H18ClNO3. The van der Waals surface area contributed by atoms with Crippen LogP contribution >= 0.6 is 11.6 Å². The van der Waals surface area contributed by atoms with Gasteiger partial charge in [0.25, 0.3) is 5.91 Å². The first kappa shape index (κ1) is 14.8. The van der Waals surface area contributed by atoms with Gasteiger partial charge in [-0.15, -0.1) is 0 Å². The van der Waals surface area contributed by atoms with E-state index >= 15 is 0 Å². The molecule has 1 N–H and O–H groups in total. The van der Waals surface area contributed by atoms with E-state index in [0.29, 0.717) is 29.5 Å². The lowest BCUT2D eigenvalue weighted by Gasteiger charge is -2.10. The summed E-state index contributed by atoms with van der Waals surface area (Å²) in [5.41, 5.74) is 1.40. The molecule has 1 aromatic carbocycles. The molecule has 0 saturated heterocycles. The monoisotopic (exact) mass is 271 g/mol. The molecule has 4 nitrogen and oxygen atoms in total. The van der Waals surface area contributed by atoms with E-state index in [0.717, 1.165) is 12.0 Å². The lowest BCUT2D eigenvalue weighted by Crippen LogP contribution is -2.25. The van der Waals surface area contributed by atoms with Crippen molar-refractivity contribution in [2.45, 2.75) is 13.3 Å². The van der Waals surface area contributed by atoms with Crippen molar-refractivity contribution >= 4 is 17.5 Å². The minimum absolute atomic E-state index is 0.131. The summed E-state index contributed by atoms with van der Waals surface area (Å²) >= 11 is 6.00. The molecule has 18 heavy (non-hydrogen) atoms. The number of carbonyl (C=O) groups excluding carboxylic acids is 1. The predicted octanol–water partition coefficient (Wildman–Crippen LogP) is 2.42. The number of carbonyl (C=O) groups is 1. The van der Waals surface area contributed by atoms with E-state index in [1.807, 2.05) is 6.92 Å². The highest BCUT2D eigenvalue weighted by Gasteiger charge is 2.12. The SMILES string of the molecule is COCCCNC(=O)c1cc(Cl)c(OC)cc1C. The Labute approximate surface area is 112 Å². The van der Waals surface area contributed by atoms with Gasteiger partial charge in [-0.2, -0.15) is 0 Å². The van der Waals surface area contributed by atoms with E-state index in [-0.39, 0.29) is 5.91 Å². The molecule has 0 spiro atoms. The van der Waals surface area contributed by atoms with E-state index in [9.17, 15) is 4.79 Å². The van der Waals surface area contributed by atoms with Crippen LogP contribution < -0.4 is 10.1 Å². The quantitative estimate of drug-likeness (QED) is 0.809. The minimum atomic E-state index is -0.131. The van der Waals surface area contributed by atoms with Crippen LogP contribution in [0.15, 0.2) is 12.1 Å². The lowest BCUT2D eigenvalue weighted by molar-refractivity contribution is 0.0948. The highest BCUT2D eigenvalue weighted by molar-refractivity contribution is 6.32. The zero-order valence-electron chi connectivity index (χ0n) is 10.9. The van der Waals surface area contributed by atoms with Crippen LogP contribution in [0, 0.1) is 6.92 Å². The maximum Gasteiger partial charge on any atom is 0.251 e. The van der Waals surface area contributed by atoms with Crippen molar-refractivity contribution in [2.75, 3.05) is 27.4 Å². The van der Waals surface area contributed by atoms with Crippen LogP contribution in [-0.4, -0.2) is 33.3 Å². The summed E-state index contributed by atoms with van der Waals surface area (Å²) in [7, 11) is 3.18. The zero-order valence-corrected chi connectivity index (χ0v) is 11.6. The molecule has 100 valence electrons. The molecule has 0 aliphatic heterocycles. The number of hydrogen-bond donors (Lipinski definition) is 1. The van der Waals surface area contributed by atoms with Gasteiger partial charge in [-0.05, 0) is 31.0 Å². The topological polar surface area (TPSA) is 47.6 Å². The van der Waals surface area contributed by atoms with Crippen LogP contribution in [0.4, 0.5) is 0 Å². The van der Waals surface area contributed by atoms with E-state index in [1.165, 1.54) is 0 Å². The van der Waals surface area contributed by atoms with Crippen molar-refractivity contribution in [1.29, 1.82) is 0 Å². The summed E-state index contributed by atoms with van der Waals surface area (Å²) in [6.45, 7) is 3.06. The Bertz CT molecular complexity index is 421. The summed E-state index contributed by atoms with van der Waals surface area (Å²) in [4.78, 5) is 11.9. The Morgan fingerprint density at radius 3 is 2.72 bits per heavy atom. The van der Waals surface area contributed by atoms with E-state index in [1.54, 1.807) is 26.4 Å². The van der Waals surface area contributed by atoms with Gasteiger partial charge in [0.05, 0.1) is 12.1 Å². The highest BCUT2D eigenvalue weighted by Crippen LogP contribution is 2.27. The predicted molar refractivity (Wildman–Crippen MR) is 71.6 cm³/mol. The average Bonchev–Trinajstić information content (AvgIpc) is 2.36. The molecule has 0 radical (unpaired) electrons. The molecule has 0 unspecified atom stereocenters. The van der Waals surface area contributed by atoms with Crippen molar-refractivity contribution in [3.05, 3.63) is 28.3 Å². The molecule has 0 aromatic heterocycles. The van der Waals surface area contributed by atoms with E-state index in [2.05, 4.69) is 5.32 Å². The summed E-state index contributed by atoms with van der Waals surface area (Å²) in [6.07, 6.45) is 0.783. The van der Waals surface area contributed by atoms with Gasteiger partial charge >= 0.3 is 0 Å². The summed E-state index contributed by atoms with van der Waals surface area (Å²) in [6, 6.07) is 3.38. The number of rotatable bonds is 6. The lowest BCUT2D eigenvalue weighted by atomic mass is 10.1. The van der Waals surface area contributed by atoms with Gasteiger partial charge in [-0.1, -0.05) is 11.6 Å². The summed E-state index contributed by atoms with van der Waals surface area (Å²) in [5, 5.41) is 3.26. The Morgan fingerprint density at radius 1 is 1.39 bits per heavy atom. The standard InChI is InChI=1S/C13H18ClNO3/c1-9-7-12(18-3)11(14)8-10(9)13(16)15-5-4-6-17-2/h7-8H,4-6H2,1-3H3,(H,15,16). The molecule has 1 amide bonds.